The van der Waals surface area contributed by atoms with Crippen molar-refractivity contribution >= 4 is 14.1 Å². The summed E-state index contributed by atoms with van der Waals surface area (Å²) in [5.74, 6) is 0. The molecule has 44 valence electrons. The molecule has 2 heteroatoms. The van der Waals surface area contributed by atoms with Crippen LogP contribution in [0.15, 0.2) is 0 Å². The second-order valence-electron chi connectivity index (χ2n) is 2.39. The van der Waals surface area contributed by atoms with E-state index in [9.17, 15) is 0 Å². The van der Waals surface area contributed by atoms with Crippen molar-refractivity contribution in [2.75, 3.05) is 0 Å². The van der Waals surface area contributed by atoms with Crippen molar-refractivity contribution in [3.05, 3.63) is 0 Å². The Bertz CT molecular complexity index is 93.2. The fraction of sp³-hybridized carbons (Fsp3) is 0.833. The fourth-order valence-corrected chi connectivity index (χ4v) is 2.14. The first-order chi connectivity index (χ1) is 3.72. The van der Waals surface area contributed by atoms with Gasteiger partial charge < -0.3 is 0 Å². The van der Waals surface area contributed by atoms with Gasteiger partial charge in [0.2, 0.25) is 0 Å². The van der Waals surface area contributed by atoms with E-state index >= 15 is 0 Å². The Kier molecular flexibility index (Phi) is 3.97. The van der Waals surface area contributed by atoms with Crippen molar-refractivity contribution < 1.29 is 0 Å². The van der Waals surface area contributed by atoms with Crippen LogP contribution in [-0.2, 0) is 0 Å². The van der Waals surface area contributed by atoms with Crippen LogP contribution in [0.1, 0.15) is 20.8 Å². The molecule has 0 atom stereocenters. The molecule has 0 fully saturated rings. The Labute approximate surface area is 55.7 Å². The van der Waals surface area contributed by atoms with Crippen LogP contribution in [0.4, 0.5) is 0 Å². The summed E-state index contributed by atoms with van der Waals surface area (Å²) < 4.78 is 0.657. The van der Waals surface area contributed by atoms with Crippen LogP contribution in [0.2, 0.25) is 10.1 Å². The van der Waals surface area contributed by atoms with Gasteiger partial charge in [-0.05, 0) is 0 Å². The van der Waals surface area contributed by atoms with Gasteiger partial charge >= 0.3 is 14.1 Å². The molecule has 0 spiro atoms. The normalized spacial score (nSPS) is 8.88. The van der Waals surface area contributed by atoms with Crippen LogP contribution in [-0.4, -0.2) is 14.1 Å². The first-order valence-electron chi connectivity index (χ1n) is 3.12. The highest BCUT2D eigenvalue weighted by atomic mass is 27.2. The second-order valence-corrected chi connectivity index (χ2v) is 6.01. The van der Waals surface area contributed by atoms with Gasteiger partial charge in [0.15, 0.2) is 0 Å². The van der Waals surface area contributed by atoms with Crippen LogP contribution >= 0.6 is 0 Å². The summed E-state index contributed by atoms with van der Waals surface area (Å²) in [6, 6.07) is 0. The van der Waals surface area contributed by atoms with E-state index in [2.05, 4.69) is 25.7 Å². The Balaban J connectivity index is 3.57. The smallest absolute Gasteiger partial charge is 0.225 e. The van der Waals surface area contributed by atoms with Crippen molar-refractivity contribution in [1.29, 1.82) is 5.26 Å². The van der Waals surface area contributed by atoms with Crippen molar-refractivity contribution in [3.8, 4) is 4.93 Å². The molecule has 0 radical (unpaired) electrons. The zero-order chi connectivity index (χ0) is 6.57. The molecule has 0 N–H and O–H groups in total. The number of hydrogen-bond donors (Lipinski definition) is 0. The Morgan fingerprint density at radius 1 is 1.62 bits per heavy atom. The van der Waals surface area contributed by atoms with Crippen LogP contribution < -0.4 is 0 Å². The minimum absolute atomic E-state index is 0.657. The summed E-state index contributed by atoms with van der Waals surface area (Å²) in [5, 5.41) is 9.63. The molecule has 0 heterocycles. The van der Waals surface area contributed by atoms with E-state index in [1.807, 2.05) is 0 Å². The molecule has 0 rings (SSSR count). The number of nitriles is 1. The number of nitrogens with zero attached hydrogens (tertiary/aromatic N) is 1. The van der Waals surface area contributed by atoms with Gasteiger partial charge in [-0.15, -0.1) is 0 Å². The summed E-state index contributed by atoms with van der Waals surface area (Å²) in [6.45, 7) is 6.40. The highest BCUT2D eigenvalue weighted by Gasteiger charge is 2.18. The molecule has 0 aliphatic rings. The van der Waals surface area contributed by atoms with Crippen molar-refractivity contribution in [2.24, 2.45) is 0 Å². The molecule has 0 aromatic heterocycles. The maximum absolute atomic E-state index is 8.51. The molecular formula is C6H12AlN. The van der Waals surface area contributed by atoms with Crippen molar-refractivity contribution in [2.45, 2.75) is 30.8 Å². The molecule has 8 heavy (non-hydrogen) atoms. The van der Waals surface area contributed by atoms with Gasteiger partial charge in [0.05, 0.1) is 0 Å². The molecule has 0 aliphatic heterocycles. The molecule has 0 saturated carbocycles. The van der Waals surface area contributed by atoms with Gasteiger partial charge in [0.25, 0.3) is 0 Å². The minimum atomic E-state index is -0.960. The zero-order valence-electron chi connectivity index (χ0n) is 5.81. The van der Waals surface area contributed by atoms with Crippen LogP contribution in [0.25, 0.3) is 0 Å². The molecule has 0 aromatic carbocycles. The van der Waals surface area contributed by atoms with E-state index in [0.29, 0.717) is 4.78 Å². The molecule has 0 unspecified atom stereocenters. The van der Waals surface area contributed by atoms with Crippen molar-refractivity contribution in [3.63, 3.8) is 0 Å². The predicted octanol–water partition coefficient (Wildman–Crippen LogP) is 1.97. The zero-order valence-corrected chi connectivity index (χ0v) is 6.96. The largest absolute Gasteiger partial charge is 0.424 e. The molecule has 0 amide bonds. The average Bonchev–Trinajstić information content (AvgIpc) is 1.69. The van der Waals surface area contributed by atoms with E-state index in [1.165, 1.54) is 0 Å². The molecule has 0 aromatic rings. The first kappa shape index (κ1) is 8.02. The lowest BCUT2D eigenvalue weighted by Crippen LogP contribution is -2.11. The fourth-order valence-electron chi connectivity index (χ4n) is 0.712. The molecule has 0 saturated heterocycles. The second kappa shape index (κ2) is 3.96. The quantitative estimate of drug-likeness (QED) is 0.517. The highest BCUT2D eigenvalue weighted by molar-refractivity contribution is 6.68. The number of rotatable bonds is 2. The van der Waals surface area contributed by atoms with E-state index in [-0.39, 0.29) is 0 Å². The van der Waals surface area contributed by atoms with Gasteiger partial charge in [-0.3, -0.25) is 0 Å². The summed E-state index contributed by atoms with van der Waals surface area (Å²) in [4.78, 5) is 2.39. The Hall–Kier alpha value is 0.0225. The topological polar surface area (TPSA) is 23.8 Å². The standard InChI is InChI=1S/C3H7.C2H5.CN.Al/c1-3-2;2*1-2;/h3H,1-2H3;1H2,2H3;;. The first-order valence-corrected chi connectivity index (χ1v) is 5.18. The van der Waals surface area contributed by atoms with E-state index in [4.69, 9.17) is 5.26 Å². The molecule has 1 nitrogen and oxygen atoms in total. The lowest BCUT2D eigenvalue weighted by molar-refractivity contribution is 1.03. The third kappa shape index (κ3) is 2.36. The Morgan fingerprint density at radius 2 is 2.12 bits per heavy atom. The van der Waals surface area contributed by atoms with E-state index in [0.717, 1.165) is 5.28 Å². The van der Waals surface area contributed by atoms with E-state index in [1.54, 1.807) is 0 Å². The van der Waals surface area contributed by atoms with Crippen LogP contribution in [0.3, 0.4) is 0 Å². The van der Waals surface area contributed by atoms with Gasteiger partial charge in [0, 0.05) is 0 Å². The summed E-state index contributed by atoms with van der Waals surface area (Å²) in [5.41, 5.74) is 0. The maximum atomic E-state index is 8.51. The minimum Gasteiger partial charge on any atom is -0.225 e. The average molecular weight is 125 g/mol. The van der Waals surface area contributed by atoms with Gasteiger partial charge in [-0.2, -0.15) is 0 Å². The lowest BCUT2D eigenvalue weighted by Gasteiger charge is -2.00. The number of hydrogen-bond acceptors (Lipinski definition) is 1. The van der Waals surface area contributed by atoms with Crippen LogP contribution in [0.5, 0.6) is 0 Å². The predicted molar refractivity (Wildman–Crippen MR) is 36.9 cm³/mol. The Morgan fingerprint density at radius 3 is 2.12 bits per heavy atom. The van der Waals surface area contributed by atoms with Gasteiger partial charge in [-0.25, -0.2) is 5.26 Å². The van der Waals surface area contributed by atoms with E-state index < -0.39 is 14.1 Å². The summed E-state index contributed by atoms with van der Waals surface area (Å²) in [6.07, 6.45) is 0. The summed E-state index contributed by atoms with van der Waals surface area (Å²) in [7, 11) is 0. The third-order valence-electron chi connectivity index (χ3n) is 1.41. The molecule has 0 aliphatic carbocycles. The van der Waals surface area contributed by atoms with Gasteiger partial charge in [-0.1, -0.05) is 35.8 Å². The third-order valence-corrected chi connectivity index (χ3v) is 4.23. The maximum Gasteiger partial charge on any atom is 0.424 e. The van der Waals surface area contributed by atoms with Gasteiger partial charge in [0.1, 0.15) is 0 Å². The summed E-state index contributed by atoms with van der Waals surface area (Å²) >= 11 is -0.960. The molecular weight excluding hydrogens is 113 g/mol. The lowest BCUT2D eigenvalue weighted by atomic mass is 10.6. The monoisotopic (exact) mass is 125 g/mol. The van der Waals surface area contributed by atoms with Crippen LogP contribution in [0, 0.1) is 10.2 Å². The SMILES string of the molecule is C[CH2][Al]([C]#N)[CH](C)C. The van der Waals surface area contributed by atoms with Crippen molar-refractivity contribution in [1.82, 2.24) is 0 Å². The molecule has 0 bridgehead atoms. The highest BCUT2D eigenvalue weighted by Crippen LogP contribution is 2.08.